The molecular weight excluding hydrogens is 566 g/mol. The summed E-state index contributed by atoms with van der Waals surface area (Å²) in [7, 11) is 2.40. The fraction of sp³-hybridized carbons (Fsp3) is 0.162. The van der Waals surface area contributed by atoms with Gasteiger partial charge in [0.15, 0.2) is 0 Å². The van der Waals surface area contributed by atoms with E-state index in [-0.39, 0.29) is 28.4 Å². The molecule has 5 rings (SSSR count). The maximum atomic E-state index is 13.7. The summed E-state index contributed by atoms with van der Waals surface area (Å²) in [6.07, 6.45) is 0. The Balaban J connectivity index is 1.89. The van der Waals surface area contributed by atoms with E-state index < -0.39 is 23.5 Å². The molecule has 4 aromatic rings. The van der Waals surface area contributed by atoms with Crippen LogP contribution in [-0.2, 0) is 24.7 Å². The number of ether oxygens (including phenoxy) is 2. The van der Waals surface area contributed by atoms with Crippen molar-refractivity contribution in [1.82, 2.24) is 0 Å². The van der Waals surface area contributed by atoms with Crippen LogP contribution >= 0.6 is 0 Å². The van der Waals surface area contributed by atoms with Crippen LogP contribution in [0.2, 0.25) is 0 Å². The van der Waals surface area contributed by atoms with E-state index in [9.17, 15) is 20.0 Å². The van der Waals surface area contributed by atoms with Gasteiger partial charge in [-0.25, -0.2) is 9.59 Å². The Hall–Kier alpha value is -5.65. The Morgan fingerprint density at radius 3 is 1.82 bits per heavy atom. The molecule has 8 nitrogen and oxygen atoms in total. The molecule has 1 heterocycles. The molecule has 45 heavy (non-hydrogen) atoms. The molecule has 0 spiro atoms. The molecule has 4 aromatic carbocycles. The second-order valence-electron chi connectivity index (χ2n) is 10.8. The number of nitrogens with zero attached hydrogens (tertiary/aromatic N) is 2. The van der Waals surface area contributed by atoms with E-state index in [1.54, 1.807) is 54.6 Å². The average Bonchev–Trinajstić information content (AvgIpc) is 3.07. The summed E-state index contributed by atoms with van der Waals surface area (Å²) in [4.78, 5) is 28.6. The highest BCUT2D eigenvalue weighted by Crippen LogP contribution is 2.47. The largest absolute Gasteiger partial charge is 0.466 e. The fourth-order valence-electron chi connectivity index (χ4n) is 5.81. The van der Waals surface area contributed by atoms with Gasteiger partial charge in [0.25, 0.3) is 0 Å². The van der Waals surface area contributed by atoms with E-state index in [1.165, 1.54) is 19.1 Å². The highest BCUT2D eigenvalue weighted by Gasteiger charge is 2.45. The summed E-state index contributed by atoms with van der Waals surface area (Å²) in [6, 6.07) is 32.8. The maximum Gasteiger partial charge on any atom is 0.355 e. The Labute approximate surface area is 262 Å². The standard InChI is InChI=1S/C37H33N3O5/c1-23-14-18-26(19-15-23)37(43,27-20-16-24(2)17-21-27)29-12-8-9-13-30(29)40-33(36(42)45-4)32(35(41)44-3)31(28(22-38)34(40)39)25-10-6-5-7-11-25/h5-21,31,43H,39H2,1-4H3. The van der Waals surface area contributed by atoms with Crippen LogP contribution in [0.1, 0.15) is 39.3 Å². The Morgan fingerprint density at radius 2 is 1.31 bits per heavy atom. The number of benzene rings is 4. The van der Waals surface area contributed by atoms with Crippen molar-refractivity contribution < 1.29 is 24.2 Å². The van der Waals surface area contributed by atoms with Crippen LogP contribution in [0.4, 0.5) is 5.69 Å². The third-order valence-corrected chi connectivity index (χ3v) is 8.08. The van der Waals surface area contributed by atoms with E-state index in [1.807, 2.05) is 62.4 Å². The number of anilines is 1. The molecule has 0 aromatic heterocycles. The molecule has 0 amide bonds. The zero-order valence-corrected chi connectivity index (χ0v) is 25.4. The maximum absolute atomic E-state index is 13.7. The van der Waals surface area contributed by atoms with Crippen molar-refractivity contribution in [3.05, 3.63) is 159 Å². The molecule has 226 valence electrons. The lowest BCUT2D eigenvalue weighted by molar-refractivity contribution is -0.139. The van der Waals surface area contributed by atoms with Crippen molar-refractivity contribution in [1.29, 1.82) is 5.26 Å². The number of para-hydroxylation sites is 1. The molecule has 8 heteroatoms. The molecule has 1 aliphatic heterocycles. The summed E-state index contributed by atoms with van der Waals surface area (Å²) in [5.74, 6) is -2.82. The Morgan fingerprint density at radius 1 is 0.800 bits per heavy atom. The van der Waals surface area contributed by atoms with Gasteiger partial charge in [-0.15, -0.1) is 0 Å². The minimum absolute atomic E-state index is 0.0262. The van der Waals surface area contributed by atoms with E-state index in [0.717, 1.165) is 11.1 Å². The first-order valence-corrected chi connectivity index (χ1v) is 14.3. The summed E-state index contributed by atoms with van der Waals surface area (Å²) < 4.78 is 10.4. The van der Waals surface area contributed by atoms with E-state index in [2.05, 4.69) is 6.07 Å². The molecule has 0 saturated heterocycles. The van der Waals surface area contributed by atoms with Gasteiger partial charge >= 0.3 is 11.9 Å². The topological polar surface area (TPSA) is 126 Å². The molecule has 0 saturated carbocycles. The lowest BCUT2D eigenvalue weighted by Gasteiger charge is -2.39. The van der Waals surface area contributed by atoms with E-state index in [4.69, 9.17) is 15.2 Å². The van der Waals surface area contributed by atoms with Crippen molar-refractivity contribution in [2.75, 3.05) is 19.1 Å². The van der Waals surface area contributed by atoms with Crippen LogP contribution in [0.3, 0.4) is 0 Å². The predicted molar refractivity (Wildman–Crippen MR) is 170 cm³/mol. The van der Waals surface area contributed by atoms with Crippen molar-refractivity contribution in [3.63, 3.8) is 0 Å². The van der Waals surface area contributed by atoms with Crippen LogP contribution in [0, 0.1) is 25.2 Å². The fourth-order valence-corrected chi connectivity index (χ4v) is 5.81. The number of carbonyl (C=O) groups is 2. The number of esters is 2. The molecule has 1 aliphatic rings. The van der Waals surface area contributed by atoms with Gasteiger partial charge in [0.05, 0.1) is 43.0 Å². The lowest BCUT2D eigenvalue weighted by Crippen LogP contribution is -2.42. The third-order valence-electron chi connectivity index (χ3n) is 8.08. The number of methoxy groups -OCH3 is 2. The minimum atomic E-state index is -1.76. The smallest absolute Gasteiger partial charge is 0.355 e. The number of carbonyl (C=O) groups excluding carboxylic acids is 2. The van der Waals surface area contributed by atoms with Gasteiger partial charge in [-0.2, -0.15) is 5.26 Å². The van der Waals surface area contributed by atoms with Gasteiger partial charge in [-0.05, 0) is 36.6 Å². The van der Waals surface area contributed by atoms with Crippen molar-refractivity contribution in [3.8, 4) is 6.07 Å². The summed E-state index contributed by atoms with van der Waals surface area (Å²) >= 11 is 0. The first-order valence-electron chi connectivity index (χ1n) is 14.3. The number of hydrogen-bond donors (Lipinski definition) is 2. The first kappa shape index (κ1) is 30.8. The normalized spacial score (nSPS) is 15.0. The van der Waals surface area contributed by atoms with Crippen molar-refractivity contribution in [2.45, 2.75) is 25.4 Å². The number of aliphatic hydroxyl groups is 1. The molecule has 0 radical (unpaired) electrons. The molecule has 3 N–H and O–H groups in total. The minimum Gasteiger partial charge on any atom is -0.466 e. The Kier molecular flexibility index (Phi) is 8.57. The highest BCUT2D eigenvalue weighted by molar-refractivity contribution is 6.06. The van der Waals surface area contributed by atoms with Gasteiger partial charge in [0.2, 0.25) is 0 Å². The number of hydrogen-bond acceptors (Lipinski definition) is 8. The van der Waals surface area contributed by atoms with Crippen LogP contribution in [0.15, 0.2) is 126 Å². The van der Waals surface area contributed by atoms with Gasteiger partial charge < -0.3 is 20.3 Å². The SMILES string of the molecule is COC(=O)C1=C(C(=O)OC)N(c2ccccc2C(O)(c2ccc(C)cc2)c2ccc(C)cc2)C(N)=C(C#N)C1c1ccccc1. The third kappa shape index (κ3) is 5.35. The second-order valence-corrected chi connectivity index (χ2v) is 10.8. The highest BCUT2D eigenvalue weighted by atomic mass is 16.5. The average molecular weight is 600 g/mol. The molecule has 0 bridgehead atoms. The zero-order valence-electron chi connectivity index (χ0n) is 25.4. The van der Waals surface area contributed by atoms with Crippen LogP contribution in [0.5, 0.6) is 0 Å². The number of nitriles is 1. The molecule has 1 atom stereocenters. The molecular formula is C37H33N3O5. The van der Waals surface area contributed by atoms with Crippen molar-refractivity contribution in [2.24, 2.45) is 5.73 Å². The molecule has 0 fully saturated rings. The number of rotatable bonds is 7. The lowest BCUT2D eigenvalue weighted by atomic mass is 9.77. The number of allylic oxidation sites excluding steroid dienone is 1. The Bertz CT molecular complexity index is 1810. The predicted octanol–water partition coefficient (Wildman–Crippen LogP) is 5.49. The summed E-state index contributed by atoms with van der Waals surface area (Å²) in [6.45, 7) is 3.91. The second kappa shape index (κ2) is 12.5. The molecule has 1 unspecified atom stereocenters. The number of aryl methyl sites for hydroxylation is 2. The van der Waals surface area contributed by atoms with Crippen LogP contribution in [0.25, 0.3) is 0 Å². The quantitative estimate of drug-likeness (QED) is 0.211. The van der Waals surface area contributed by atoms with Gasteiger partial charge in [0.1, 0.15) is 17.1 Å². The number of nitrogens with two attached hydrogens (primary N) is 1. The van der Waals surface area contributed by atoms with Gasteiger partial charge in [0, 0.05) is 5.56 Å². The zero-order chi connectivity index (χ0) is 32.3. The van der Waals surface area contributed by atoms with Crippen molar-refractivity contribution >= 4 is 17.6 Å². The van der Waals surface area contributed by atoms with Crippen LogP contribution < -0.4 is 10.6 Å². The summed E-state index contributed by atoms with van der Waals surface area (Å²) in [5, 5.41) is 23.4. The van der Waals surface area contributed by atoms with E-state index >= 15 is 0 Å². The van der Waals surface area contributed by atoms with Crippen LogP contribution in [-0.4, -0.2) is 31.3 Å². The van der Waals surface area contributed by atoms with E-state index in [0.29, 0.717) is 22.3 Å². The molecule has 0 aliphatic carbocycles. The summed E-state index contributed by atoms with van der Waals surface area (Å²) in [5.41, 5.74) is 9.04. The first-order chi connectivity index (χ1) is 21.7. The van der Waals surface area contributed by atoms with Gasteiger partial charge in [-0.3, -0.25) is 4.90 Å². The monoisotopic (exact) mass is 599 g/mol. The van der Waals surface area contributed by atoms with Gasteiger partial charge in [-0.1, -0.05) is 108 Å².